The summed E-state index contributed by atoms with van der Waals surface area (Å²) in [6.07, 6.45) is 3.17. The third-order valence-electron chi connectivity index (χ3n) is 3.40. The van der Waals surface area contributed by atoms with E-state index in [0.717, 1.165) is 19.3 Å². The standard InChI is InChI=1S/C16H24O3/c1-3-8-14-15(12-18-16(4-2)19-14)17-11-13-9-6-5-7-10-13/h5-7,9-10,14-16H,3-4,8,11-12H2,1-2H3/t14-,15-,16+/m1/s1. The van der Waals surface area contributed by atoms with Crippen LogP contribution in [0.4, 0.5) is 0 Å². The topological polar surface area (TPSA) is 27.7 Å². The van der Waals surface area contributed by atoms with Gasteiger partial charge in [0.1, 0.15) is 6.10 Å². The highest BCUT2D eigenvalue weighted by atomic mass is 16.7. The maximum Gasteiger partial charge on any atom is 0.157 e. The van der Waals surface area contributed by atoms with Gasteiger partial charge in [-0.15, -0.1) is 0 Å². The minimum Gasteiger partial charge on any atom is -0.368 e. The van der Waals surface area contributed by atoms with Crippen molar-refractivity contribution in [1.29, 1.82) is 0 Å². The molecule has 0 spiro atoms. The Hall–Kier alpha value is -0.900. The molecule has 0 aliphatic carbocycles. The van der Waals surface area contributed by atoms with Crippen molar-refractivity contribution >= 4 is 0 Å². The highest BCUT2D eigenvalue weighted by Crippen LogP contribution is 2.22. The van der Waals surface area contributed by atoms with Crippen molar-refractivity contribution in [2.75, 3.05) is 6.61 Å². The molecule has 0 amide bonds. The van der Waals surface area contributed by atoms with Gasteiger partial charge in [-0.05, 0) is 18.4 Å². The van der Waals surface area contributed by atoms with Gasteiger partial charge in [0.15, 0.2) is 6.29 Å². The lowest BCUT2D eigenvalue weighted by Gasteiger charge is -2.36. The van der Waals surface area contributed by atoms with Gasteiger partial charge in [-0.3, -0.25) is 0 Å². The van der Waals surface area contributed by atoms with E-state index in [1.165, 1.54) is 5.56 Å². The molecular weight excluding hydrogens is 240 g/mol. The van der Waals surface area contributed by atoms with Crippen LogP contribution in [0.15, 0.2) is 30.3 Å². The third kappa shape index (κ3) is 4.30. The number of benzene rings is 1. The zero-order valence-corrected chi connectivity index (χ0v) is 11.9. The predicted octanol–water partition coefficient (Wildman–Crippen LogP) is 3.52. The second-order valence-corrected chi connectivity index (χ2v) is 4.97. The zero-order chi connectivity index (χ0) is 13.5. The SMILES string of the molecule is CCC[C@H]1O[C@@H](CC)OC[C@H]1OCc1ccccc1. The first-order valence-electron chi connectivity index (χ1n) is 7.26. The Balaban J connectivity index is 1.87. The van der Waals surface area contributed by atoms with Crippen molar-refractivity contribution in [2.45, 2.75) is 58.2 Å². The molecule has 1 fully saturated rings. The van der Waals surface area contributed by atoms with Crippen LogP contribution in [0.25, 0.3) is 0 Å². The van der Waals surface area contributed by atoms with Crippen molar-refractivity contribution < 1.29 is 14.2 Å². The van der Waals surface area contributed by atoms with E-state index in [0.29, 0.717) is 13.2 Å². The number of rotatable bonds is 6. The molecule has 1 heterocycles. The van der Waals surface area contributed by atoms with Crippen LogP contribution in [0.1, 0.15) is 38.7 Å². The van der Waals surface area contributed by atoms with E-state index in [4.69, 9.17) is 14.2 Å². The monoisotopic (exact) mass is 264 g/mol. The van der Waals surface area contributed by atoms with Crippen molar-refractivity contribution in [3.8, 4) is 0 Å². The first-order chi connectivity index (χ1) is 9.33. The van der Waals surface area contributed by atoms with E-state index in [1.807, 2.05) is 18.2 Å². The number of hydrogen-bond donors (Lipinski definition) is 0. The molecule has 1 saturated heterocycles. The van der Waals surface area contributed by atoms with E-state index in [9.17, 15) is 0 Å². The fraction of sp³-hybridized carbons (Fsp3) is 0.625. The molecule has 1 aromatic carbocycles. The van der Waals surface area contributed by atoms with Crippen molar-refractivity contribution in [2.24, 2.45) is 0 Å². The average Bonchev–Trinajstić information content (AvgIpc) is 2.47. The second kappa shape index (κ2) is 7.63. The molecule has 19 heavy (non-hydrogen) atoms. The maximum absolute atomic E-state index is 5.98. The number of hydrogen-bond acceptors (Lipinski definition) is 3. The highest BCUT2D eigenvalue weighted by Gasteiger charge is 2.31. The Morgan fingerprint density at radius 2 is 2.00 bits per heavy atom. The van der Waals surface area contributed by atoms with Gasteiger partial charge in [-0.25, -0.2) is 0 Å². The summed E-state index contributed by atoms with van der Waals surface area (Å²) >= 11 is 0. The van der Waals surface area contributed by atoms with Crippen LogP contribution >= 0.6 is 0 Å². The van der Waals surface area contributed by atoms with Gasteiger partial charge in [-0.1, -0.05) is 50.6 Å². The smallest absolute Gasteiger partial charge is 0.157 e. The van der Waals surface area contributed by atoms with Crippen LogP contribution in [-0.4, -0.2) is 25.1 Å². The van der Waals surface area contributed by atoms with E-state index < -0.39 is 0 Å². The second-order valence-electron chi connectivity index (χ2n) is 4.97. The maximum atomic E-state index is 5.98. The van der Waals surface area contributed by atoms with Crippen LogP contribution < -0.4 is 0 Å². The third-order valence-corrected chi connectivity index (χ3v) is 3.40. The minimum absolute atomic E-state index is 0.0444. The molecule has 0 bridgehead atoms. The first-order valence-corrected chi connectivity index (χ1v) is 7.26. The van der Waals surface area contributed by atoms with Gasteiger partial charge in [0.25, 0.3) is 0 Å². The van der Waals surface area contributed by atoms with Gasteiger partial charge < -0.3 is 14.2 Å². The number of ether oxygens (including phenoxy) is 3. The van der Waals surface area contributed by atoms with Crippen molar-refractivity contribution in [3.05, 3.63) is 35.9 Å². The Morgan fingerprint density at radius 3 is 2.68 bits per heavy atom. The summed E-state index contributed by atoms with van der Waals surface area (Å²) in [5, 5.41) is 0. The van der Waals surface area contributed by atoms with Gasteiger partial charge >= 0.3 is 0 Å². The fourth-order valence-corrected chi connectivity index (χ4v) is 2.32. The van der Waals surface area contributed by atoms with Crippen LogP contribution in [0.5, 0.6) is 0 Å². The van der Waals surface area contributed by atoms with Crippen LogP contribution in [0.2, 0.25) is 0 Å². The Morgan fingerprint density at radius 1 is 1.21 bits per heavy atom. The summed E-state index contributed by atoms with van der Waals surface area (Å²) in [5.41, 5.74) is 1.19. The van der Waals surface area contributed by atoms with Gasteiger partial charge in [0, 0.05) is 0 Å². The summed E-state index contributed by atoms with van der Waals surface area (Å²) in [6.45, 7) is 5.51. The van der Waals surface area contributed by atoms with E-state index in [-0.39, 0.29) is 18.5 Å². The van der Waals surface area contributed by atoms with Gasteiger partial charge in [-0.2, -0.15) is 0 Å². The predicted molar refractivity (Wildman–Crippen MR) is 74.8 cm³/mol. The Bertz CT molecular complexity index is 352. The van der Waals surface area contributed by atoms with Gasteiger partial charge in [0.2, 0.25) is 0 Å². The summed E-state index contributed by atoms with van der Waals surface area (Å²) in [4.78, 5) is 0. The molecule has 106 valence electrons. The first kappa shape index (κ1) is 14.5. The van der Waals surface area contributed by atoms with Crippen molar-refractivity contribution in [1.82, 2.24) is 0 Å². The average molecular weight is 264 g/mol. The highest BCUT2D eigenvalue weighted by molar-refractivity contribution is 5.13. The minimum atomic E-state index is -0.0619. The lowest BCUT2D eigenvalue weighted by molar-refractivity contribution is -0.264. The van der Waals surface area contributed by atoms with Crippen LogP contribution in [0.3, 0.4) is 0 Å². The molecule has 1 aliphatic heterocycles. The molecule has 0 radical (unpaired) electrons. The van der Waals surface area contributed by atoms with Crippen LogP contribution in [-0.2, 0) is 20.8 Å². The molecule has 1 aromatic rings. The van der Waals surface area contributed by atoms with E-state index in [1.54, 1.807) is 0 Å². The Kier molecular flexibility index (Phi) is 5.83. The lowest BCUT2D eigenvalue weighted by Crippen LogP contribution is -2.44. The molecule has 3 nitrogen and oxygen atoms in total. The molecule has 0 aromatic heterocycles. The largest absolute Gasteiger partial charge is 0.368 e. The van der Waals surface area contributed by atoms with Crippen LogP contribution in [0, 0.1) is 0 Å². The molecule has 1 aliphatic rings. The summed E-state index contributed by atoms with van der Waals surface area (Å²) in [7, 11) is 0. The van der Waals surface area contributed by atoms with Crippen molar-refractivity contribution in [3.63, 3.8) is 0 Å². The quantitative estimate of drug-likeness (QED) is 0.786. The molecule has 3 atom stereocenters. The Labute approximate surface area is 115 Å². The molecule has 0 N–H and O–H groups in total. The molecule has 3 heteroatoms. The molecule has 0 unspecified atom stereocenters. The van der Waals surface area contributed by atoms with E-state index in [2.05, 4.69) is 26.0 Å². The lowest BCUT2D eigenvalue weighted by atomic mass is 10.1. The molecule has 0 saturated carbocycles. The summed E-state index contributed by atoms with van der Waals surface area (Å²) in [6, 6.07) is 10.2. The fourth-order valence-electron chi connectivity index (χ4n) is 2.32. The molecular formula is C16H24O3. The van der Waals surface area contributed by atoms with E-state index >= 15 is 0 Å². The van der Waals surface area contributed by atoms with Gasteiger partial charge in [0.05, 0.1) is 19.3 Å². The summed E-state index contributed by atoms with van der Waals surface area (Å²) < 4.78 is 17.6. The molecule has 2 rings (SSSR count). The normalized spacial score (nSPS) is 27.4. The summed E-state index contributed by atoms with van der Waals surface area (Å²) in [5.74, 6) is 0. The zero-order valence-electron chi connectivity index (χ0n) is 11.9.